The molecule has 1 saturated heterocycles. The Labute approximate surface area is 124 Å². The lowest BCUT2D eigenvalue weighted by molar-refractivity contribution is 0.161. The standard InChI is InChI=1S/C17H32N2O/c1-20-12-10-17(8-9-17)13-19-16-6-3-2-5-14(16)15-7-4-11-18-15/h14-16,18-19H,2-13H2,1H3. The molecule has 3 aliphatic rings. The van der Waals surface area contributed by atoms with Gasteiger partial charge in [-0.15, -0.1) is 0 Å². The van der Waals surface area contributed by atoms with Crippen LogP contribution in [0.3, 0.4) is 0 Å². The first-order valence-electron chi connectivity index (χ1n) is 8.79. The quantitative estimate of drug-likeness (QED) is 0.752. The molecule has 0 spiro atoms. The Hall–Kier alpha value is -0.120. The van der Waals surface area contributed by atoms with Crippen LogP contribution in [0.1, 0.15) is 57.8 Å². The lowest BCUT2D eigenvalue weighted by Crippen LogP contribution is -2.48. The molecule has 3 rings (SSSR count). The van der Waals surface area contributed by atoms with Crippen molar-refractivity contribution < 1.29 is 4.74 Å². The third-order valence-electron chi connectivity index (χ3n) is 5.97. The van der Waals surface area contributed by atoms with Crippen LogP contribution in [0.15, 0.2) is 0 Å². The molecule has 0 amide bonds. The van der Waals surface area contributed by atoms with Crippen molar-refractivity contribution >= 4 is 0 Å². The molecule has 116 valence electrons. The number of hydrogen-bond donors (Lipinski definition) is 2. The lowest BCUT2D eigenvalue weighted by atomic mass is 9.79. The fraction of sp³-hybridized carbons (Fsp3) is 1.00. The molecule has 0 bridgehead atoms. The Balaban J connectivity index is 1.49. The minimum Gasteiger partial charge on any atom is -0.385 e. The molecule has 0 aromatic carbocycles. The van der Waals surface area contributed by atoms with Crippen molar-refractivity contribution in [3.05, 3.63) is 0 Å². The van der Waals surface area contributed by atoms with Gasteiger partial charge >= 0.3 is 0 Å². The van der Waals surface area contributed by atoms with E-state index < -0.39 is 0 Å². The van der Waals surface area contributed by atoms with Gasteiger partial charge in [-0.05, 0) is 62.8 Å². The average molecular weight is 280 g/mol. The maximum Gasteiger partial charge on any atom is 0.0468 e. The second-order valence-electron chi connectivity index (χ2n) is 7.38. The van der Waals surface area contributed by atoms with Gasteiger partial charge in [0.25, 0.3) is 0 Å². The normalized spacial score (nSPS) is 36.1. The van der Waals surface area contributed by atoms with Crippen LogP contribution in [0.4, 0.5) is 0 Å². The minimum atomic E-state index is 0.584. The van der Waals surface area contributed by atoms with Crippen LogP contribution in [0.2, 0.25) is 0 Å². The number of hydrogen-bond acceptors (Lipinski definition) is 3. The van der Waals surface area contributed by atoms with Gasteiger partial charge in [-0.3, -0.25) is 0 Å². The maximum atomic E-state index is 5.27. The van der Waals surface area contributed by atoms with Crippen LogP contribution >= 0.6 is 0 Å². The smallest absolute Gasteiger partial charge is 0.0468 e. The van der Waals surface area contributed by atoms with Gasteiger partial charge in [0, 0.05) is 32.3 Å². The molecular weight excluding hydrogens is 248 g/mol. The fourth-order valence-corrected chi connectivity index (χ4v) is 4.33. The van der Waals surface area contributed by atoms with Gasteiger partial charge in [-0.2, -0.15) is 0 Å². The van der Waals surface area contributed by atoms with Crippen molar-refractivity contribution in [2.24, 2.45) is 11.3 Å². The summed E-state index contributed by atoms with van der Waals surface area (Å²) < 4.78 is 5.27. The van der Waals surface area contributed by atoms with E-state index in [1.165, 1.54) is 70.9 Å². The maximum absolute atomic E-state index is 5.27. The van der Waals surface area contributed by atoms with E-state index in [0.717, 1.165) is 24.6 Å². The Morgan fingerprint density at radius 1 is 1.15 bits per heavy atom. The van der Waals surface area contributed by atoms with Crippen LogP contribution in [-0.4, -0.2) is 38.9 Å². The van der Waals surface area contributed by atoms with E-state index in [2.05, 4.69) is 10.6 Å². The summed E-state index contributed by atoms with van der Waals surface area (Å²) in [6, 6.07) is 1.56. The summed E-state index contributed by atoms with van der Waals surface area (Å²) in [6.07, 6.45) is 12.5. The van der Waals surface area contributed by atoms with Crippen molar-refractivity contribution in [2.45, 2.75) is 69.9 Å². The van der Waals surface area contributed by atoms with Crippen LogP contribution in [0, 0.1) is 11.3 Å². The molecule has 20 heavy (non-hydrogen) atoms. The highest BCUT2D eigenvalue weighted by Crippen LogP contribution is 2.48. The van der Waals surface area contributed by atoms with Crippen LogP contribution < -0.4 is 10.6 Å². The van der Waals surface area contributed by atoms with Crippen molar-refractivity contribution in [1.29, 1.82) is 0 Å². The molecule has 1 heterocycles. The van der Waals surface area contributed by atoms with Gasteiger partial charge in [-0.1, -0.05) is 12.8 Å². The summed E-state index contributed by atoms with van der Waals surface area (Å²) in [7, 11) is 1.83. The first-order valence-corrected chi connectivity index (χ1v) is 8.79. The zero-order chi connectivity index (χ0) is 13.8. The summed E-state index contributed by atoms with van der Waals surface area (Å²) in [5.41, 5.74) is 0.584. The predicted octanol–water partition coefficient (Wildman–Crippen LogP) is 2.70. The third kappa shape index (κ3) is 3.55. The molecule has 2 saturated carbocycles. The SMILES string of the molecule is COCCC1(CNC2CCCCC2C2CCCN2)CC1. The summed E-state index contributed by atoms with van der Waals surface area (Å²) in [5, 5.41) is 7.71. The van der Waals surface area contributed by atoms with E-state index in [1.54, 1.807) is 0 Å². The highest BCUT2D eigenvalue weighted by atomic mass is 16.5. The van der Waals surface area contributed by atoms with E-state index in [4.69, 9.17) is 4.74 Å². The van der Waals surface area contributed by atoms with E-state index in [-0.39, 0.29) is 0 Å². The topological polar surface area (TPSA) is 33.3 Å². The minimum absolute atomic E-state index is 0.584. The number of ether oxygens (including phenoxy) is 1. The largest absolute Gasteiger partial charge is 0.385 e. The highest BCUT2D eigenvalue weighted by Gasteiger charge is 2.43. The van der Waals surface area contributed by atoms with Crippen molar-refractivity contribution in [1.82, 2.24) is 10.6 Å². The molecule has 3 heteroatoms. The van der Waals surface area contributed by atoms with Gasteiger partial charge in [0.05, 0.1) is 0 Å². The Bertz CT molecular complexity index is 297. The van der Waals surface area contributed by atoms with E-state index in [0.29, 0.717) is 5.41 Å². The van der Waals surface area contributed by atoms with Gasteiger partial charge < -0.3 is 15.4 Å². The van der Waals surface area contributed by atoms with Crippen LogP contribution in [-0.2, 0) is 4.74 Å². The first-order chi connectivity index (χ1) is 9.83. The summed E-state index contributed by atoms with van der Waals surface area (Å²) >= 11 is 0. The number of nitrogens with one attached hydrogen (secondary N) is 2. The van der Waals surface area contributed by atoms with Crippen LogP contribution in [0.25, 0.3) is 0 Å². The van der Waals surface area contributed by atoms with Crippen molar-refractivity contribution in [2.75, 3.05) is 26.8 Å². The molecule has 3 nitrogen and oxygen atoms in total. The molecule has 0 aromatic heterocycles. The molecule has 3 fully saturated rings. The number of rotatable bonds is 7. The molecule has 3 atom stereocenters. The van der Waals surface area contributed by atoms with Crippen LogP contribution in [0.5, 0.6) is 0 Å². The molecule has 2 aliphatic carbocycles. The second kappa shape index (κ2) is 6.76. The predicted molar refractivity (Wildman–Crippen MR) is 82.9 cm³/mol. The zero-order valence-corrected chi connectivity index (χ0v) is 13.1. The molecule has 0 aromatic rings. The van der Waals surface area contributed by atoms with Gasteiger partial charge in [-0.25, -0.2) is 0 Å². The summed E-state index contributed by atoms with van der Waals surface area (Å²) in [4.78, 5) is 0. The monoisotopic (exact) mass is 280 g/mol. The molecule has 2 N–H and O–H groups in total. The lowest BCUT2D eigenvalue weighted by Gasteiger charge is -2.37. The summed E-state index contributed by atoms with van der Waals surface area (Å²) in [6.45, 7) is 3.40. The second-order valence-corrected chi connectivity index (χ2v) is 7.38. The molecular formula is C17H32N2O. The highest BCUT2D eigenvalue weighted by molar-refractivity contribution is 4.98. The zero-order valence-electron chi connectivity index (χ0n) is 13.1. The Morgan fingerprint density at radius 3 is 2.70 bits per heavy atom. The molecule has 1 aliphatic heterocycles. The van der Waals surface area contributed by atoms with Gasteiger partial charge in [0.1, 0.15) is 0 Å². The average Bonchev–Trinajstić information content (AvgIpc) is 3.05. The third-order valence-corrected chi connectivity index (χ3v) is 5.97. The fourth-order valence-electron chi connectivity index (χ4n) is 4.33. The van der Waals surface area contributed by atoms with Crippen molar-refractivity contribution in [3.8, 4) is 0 Å². The first kappa shape index (κ1) is 14.8. The molecule has 3 unspecified atom stereocenters. The summed E-state index contributed by atoms with van der Waals surface area (Å²) in [5.74, 6) is 0.879. The van der Waals surface area contributed by atoms with E-state index in [9.17, 15) is 0 Å². The Morgan fingerprint density at radius 2 is 2.00 bits per heavy atom. The van der Waals surface area contributed by atoms with Gasteiger partial charge in [0.2, 0.25) is 0 Å². The van der Waals surface area contributed by atoms with Crippen molar-refractivity contribution in [3.63, 3.8) is 0 Å². The Kier molecular flexibility index (Phi) is 5.00. The number of methoxy groups -OCH3 is 1. The van der Waals surface area contributed by atoms with Gasteiger partial charge in [0.15, 0.2) is 0 Å². The van der Waals surface area contributed by atoms with E-state index >= 15 is 0 Å². The van der Waals surface area contributed by atoms with E-state index in [1.807, 2.05) is 7.11 Å². The molecule has 0 radical (unpaired) electrons.